The maximum absolute atomic E-state index is 14.8. The first-order valence-corrected chi connectivity index (χ1v) is 10.0. The molecule has 5 aromatic rings. The molecule has 166 valence electrons. The lowest BCUT2D eigenvalue weighted by Crippen LogP contribution is -2.29. The molecule has 0 aliphatic heterocycles. The van der Waals surface area contributed by atoms with Crippen LogP contribution >= 0.6 is 0 Å². The van der Waals surface area contributed by atoms with Gasteiger partial charge in [-0.3, -0.25) is 9.36 Å². The Morgan fingerprint density at radius 1 is 1.09 bits per heavy atom. The fraction of sp³-hybridized carbons (Fsp3) is 0.136. The van der Waals surface area contributed by atoms with Crippen molar-refractivity contribution >= 4 is 27.9 Å². The standard InChI is InChI=1S/C22H16F3N7O/c1-2-14(30-20-18-19(27-9-26-18)28-10-29-20)21-31-15-5-3-4-13(25)17(15)22(33)32(21)16-8-11(23)6-7-12(16)24/h3-10,14H,2H2,1H3,(H2,26,27,28,29,30)/t14-/m0/s1. The summed E-state index contributed by atoms with van der Waals surface area (Å²) in [6, 6.07) is 6.05. The lowest BCUT2D eigenvalue weighted by molar-refractivity contribution is 0.578. The van der Waals surface area contributed by atoms with Crippen molar-refractivity contribution in [2.24, 2.45) is 0 Å². The molecule has 3 aromatic heterocycles. The number of aromatic amines is 1. The van der Waals surface area contributed by atoms with Gasteiger partial charge in [0, 0.05) is 6.07 Å². The van der Waals surface area contributed by atoms with Gasteiger partial charge in [0.15, 0.2) is 11.5 Å². The molecule has 5 rings (SSSR count). The molecule has 8 nitrogen and oxygen atoms in total. The second kappa shape index (κ2) is 8.01. The molecule has 0 saturated heterocycles. The number of fused-ring (bicyclic) bond motifs is 2. The summed E-state index contributed by atoms with van der Waals surface area (Å²) in [5, 5.41) is 2.85. The second-order valence-electron chi connectivity index (χ2n) is 7.27. The van der Waals surface area contributed by atoms with Crippen LogP contribution in [0.2, 0.25) is 0 Å². The van der Waals surface area contributed by atoms with Crippen LogP contribution in [-0.4, -0.2) is 29.5 Å². The first-order chi connectivity index (χ1) is 16.0. The Balaban J connectivity index is 1.78. The first kappa shape index (κ1) is 20.6. The van der Waals surface area contributed by atoms with E-state index in [0.717, 1.165) is 28.8 Å². The average molecular weight is 451 g/mol. The van der Waals surface area contributed by atoms with Crippen LogP contribution < -0.4 is 10.9 Å². The first-order valence-electron chi connectivity index (χ1n) is 10.0. The number of H-pyrrole nitrogens is 1. The normalized spacial score (nSPS) is 12.4. The summed E-state index contributed by atoms with van der Waals surface area (Å²) in [4.78, 5) is 33.2. The molecule has 0 unspecified atom stereocenters. The second-order valence-corrected chi connectivity index (χ2v) is 7.27. The van der Waals surface area contributed by atoms with Gasteiger partial charge in [0.05, 0.1) is 23.6 Å². The highest BCUT2D eigenvalue weighted by Gasteiger charge is 2.24. The van der Waals surface area contributed by atoms with Gasteiger partial charge >= 0.3 is 0 Å². The van der Waals surface area contributed by atoms with E-state index in [1.54, 1.807) is 0 Å². The molecule has 0 aliphatic carbocycles. The molecule has 0 saturated carbocycles. The summed E-state index contributed by atoms with van der Waals surface area (Å²) < 4.78 is 44.3. The van der Waals surface area contributed by atoms with Gasteiger partial charge in [0.25, 0.3) is 5.56 Å². The Bertz CT molecular complexity index is 1560. The average Bonchev–Trinajstić information content (AvgIpc) is 3.29. The van der Waals surface area contributed by atoms with E-state index in [1.165, 1.54) is 24.8 Å². The molecule has 0 fully saturated rings. The van der Waals surface area contributed by atoms with Gasteiger partial charge in [-0.2, -0.15) is 0 Å². The van der Waals surface area contributed by atoms with Gasteiger partial charge in [-0.15, -0.1) is 0 Å². The Hall–Kier alpha value is -4.28. The van der Waals surface area contributed by atoms with Gasteiger partial charge in [0.1, 0.15) is 40.5 Å². The van der Waals surface area contributed by atoms with Crippen molar-refractivity contribution < 1.29 is 13.2 Å². The Kier molecular flexibility index (Phi) is 5.00. The van der Waals surface area contributed by atoms with Crippen LogP contribution in [-0.2, 0) is 0 Å². The van der Waals surface area contributed by atoms with Crippen LogP contribution in [0, 0.1) is 17.5 Å². The van der Waals surface area contributed by atoms with E-state index < -0.39 is 29.1 Å². The predicted molar refractivity (Wildman–Crippen MR) is 116 cm³/mol. The molecule has 0 radical (unpaired) electrons. The molecular formula is C22H16F3N7O. The molecule has 33 heavy (non-hydrogen) atoms. The summed E-state index contributed by atoms with van der Waals surface area (Å²) in [5.74, 6) is -1.97. The van der Waals surface area contributed by atoms with Gasteiger partial charge in [-0.25, -0.2) is 33.1 Å². The molecule has 0 bridgehead atoms. The fourth-order valence-corrected chi connectivity index (χ4v) is 3.72. The predicted octanol–water partition coefficient (Wildman–Crippen LogP) is 4.03. The van der Waals surface area contributed by atoms with E-state index in [4.69, 9.17) is 0 Å². The molecule has 0 amide bonds. The Morgan fingerprint density at radius 2 is 1.94 bits per heavy atom. The van der Waals surface area contributed by atoms with Crippen molar-refractivity contribution in [2.45, 2.75) is 19.4 Å². The molecule has 0 spiro atoms. The highest BCUT2D eigenvalue weighted by molar-refractivity contribution is 5.82. The lowest BCUT2D eigenvalue weighted by atomic mass is 10.1. The number of halogens is 3. The molecule has 11 heteroatoms. The molecule has 2 aromatic carbocycles. The van der Waals surface area contributed by atoms with E-state index in [-0.39, 0.29) is 22.4 Å². The van der Waals surface area contributed by atoms with Crippen molar-refractivity contribution in [3.63, 3.8) is 0 Å². The largest absolute Gasteiger partial charge is 0.358 e. The monoisotopic (exact) mass is 451 g/mol. The minimum absolute atomic E-state index is 0.0661. The van der Waals surface area contributed by atoms with E-state index in [9.17, 15) is 18.0 Å². The number of imidazole rings is 1. The van der Waals surface area contributed by atoms with Crippen molar-refractivity contribution in [3.05, 3.63) is 82.7 Å². The topological polar surface area (TPSA) is 101 Å². The molecule has 3 heterocycles. The Morgan fingerprint density at radius 3 is 2.76 bits per heavy atom. The van der Waals surface area contributed by atoms with E-state index in [1.807, 2.05) is 6.92 Å². The van der Waals surface area contributed by atoms with Crippen molar-refractivity contribution in [2.75, 3.05) is 5.32 Å². The Labute approximate surface area is 184 Å². The number of hydrogen-bond donors (Lipinski definition) is 2. The number of rotatable bonds is 5. The molecule has 0 aliphatic rings. The quantitative estimate of drug-likeness (QED) is 0.418. The van der Waals surface area contributed by atoms with E-state index >= 15 is 0 Å². The van der Waals surface area contributed by atoms with Crippen LogP contribution in [0.4, 0.5) is 19.0 Å². The lowest BCUT2D eigenvalue weighted by Gasteiger charge is -2.22. The van der Waals surface area contributed by atoms with Gasteiger partial charge in [-0.05, 0) is 30.7 Å². The van der Waals surface area contributed by atoms with Crippen molar-refractivity contribution in [1.82, 2.24) is 29.5 Å². The molecular weight excluding hydrogens is 435 g/mol. The number of aromatic nitrogens is 6. The van der Waals surface area contributed by atoms with E-state index in [0.29, 0.717) is 23.4 Å². The third-order valence-corrected chi connectivity index (χ3v) is 5.28. The smallest absolute Gasteiger partial charge is 0.269 e. The van der Waals surface area contributed by atoms with Gasteiger partial charge in [-0.1, -0.05) is 13.0 Å². The highest BCUT2D eigenvalue weighted by atomic mass is 19.1. The summed E-state index contributed by atoms with van der Waals surface area (Å²) in [5.41, 5.74) is -0.190. The minimum Gasteiger partial charge on any atom is -0.358 e. The number of hydrogen-bond acceptors (Lipinski definition) is 6. The van der Waals surface area contributed by atoms with Crippen LogP contribution in [0.3, 0.4) is 0 Å². The SMILES string of the molecule is CC[C@H](Nc1ncnc2nc[nH]c12)c1nc2cccc(F)c2c(=O)n1-c1cc(F)ccc1F. The summed E-state index contributed by atoms with van der Waals surface area (Å²) in [6.45, 7) is 1.82. The third-order valence-electron chi connectivity index (χ3n) is 5.28. The van der Waals surface area contributed by atoms with Crippen molar-refractivity contribution in [3.8, 4) is 5.69 Å². The van der Waals surface area contributed by atoms with Crippen LogP contribution in [0.25, 0.3) is 27.8 Å². The van der Waals surface area contributed by atoms with Crippen molar-refractivity contribution in [1.29, 1.82) is 0 Å². The van der Waals surface area contributed by atoms with Crippen LogP contribution in [0.15, 0.2) is 53.8 Å². The molecule has 1 atom stereocenters. The maximum atomic E-state index is 14.8. The minimum atomic E-state index is -0.856. The zero-order valence-electron chi connectivity index (χ0n) is 17.2. The zero-order valence-corrected chi connectivity index (χ0v) is 17.2. The number of benzene rings is 2. The van der Waals surface area contributed by atoms with Crippen LogP contribution in [0.1, 0.15) is 25.2 Å². The number of nitrogens with zero attached hydrogens (tertiary/aromatic N) is 5. The van der Waals surface area contributed by atoms with Crippen LogP contribution in [0.5, 0.6) is 0 Å². The van der Waals surface area contributed by atoms with Gasteiger partial charge in [0.2, 0.25) is 0 Å². The maximum Gasteiger partial charge on any atom is 0.269 e. The fourth-order valence-electron chi connectivity index (χ4n) is 3.72. The van der Waals surface area contributed by atoms with E-state index in [2.05, 4.69) is 30.2 Å². The van der Waals surface area contributed by atoms with Gasteiger partial charge < -0.3 is 10.3 Å². The molecule has 2 N–H and O–H groups in total. The number of nitrogens with one attached hydrogen (secondary N) is 2. The number of anilines is 1. The summed E-state index contributed by atoms with van der Waals surface area (Å²) >= 11 is 0. The highest BCUT2D eigenvalue weighted by Crippen LogP contribution is 2.27. The zero-order chi connectivity index (χ0) is 23.1. The summed E-state index contributed by atoms with van der Waals surface area (Å²) in [7, 11) is 0. The third kappa shape index (κ3) is 3.47. The summed E-state index contributed by atoms with van der Waals surface area (Å²) in [6.07, 6.45) is 3.16.